The summed E-state index contributed by atoms with van der Waals surface area (Å²) in [6.45, 7) is 16.1. The molecule has 0 spiro atoms. The van der Waals surface area contributed by atoms with Crippen LogP contribution in [0.5, 0.6) is 0 Å². The summed E-state index contributed by atoms with van der Waals surface area (Å²) in [4.78, 5) is 85.0. The van der Waals surface area contributed by atoms with Crippen molar-refractivity contribution in [3.63, 3.8) is 0 Å². The number of aldehydes is 3. The summed E-state index contributed by atoms with van der Waals surface area (Å²) >= 11 is 1.94. The molecule has 3 aromatic rings. The molecule has 2 amide bonds. The van der Waals surface area contributed by atoms with Crippen LogP contribution in [0, 0.1) is 17.7 Å². The van der Waals surface area contributed by atoms with Gasteiger partial charge in [-0.3, -0.25) is 37.7 Å². The number of hydrogen-bond acceptors (Lipinski definition) is 14. The molecule has 2 unspecified atom stereocenters. The van der Waals surface area contributed by atoms with Gasteiger partial charge in [-0.05, 0) is 102 Å². The number of amides is 2. The lowest BCUT2D eigenvalue weighted by molar-refractivity contribution is -0.132. The predicted molar refractivity (Wildman–Crippen MR) is 269 cm³/mol. The van der Waals surface area contributed by atoms with Gasteiger partial charge in [0.25, 0.3) is 5.56 Å². The molecule has 0 aliphatic carbocycles. The number of carbonyl (C=O) groups is 5. The third-order valence-corrected chi connectivity index (χ3v) is 14.9. The molecule has 0 bridgehead atoms. The first-order valence-electron chi connectivity index (χ1n) is 24.3. The molecule has 16 nitrogen and oxygen atoms in total. The van der Waals surface area contributed by atoms with Crippen LogP contribution in [-0.2, 0) is 14.4 Å². The molecule has 3 N–H and O–H groups in total. The van der Waals surface area contributed by atoms with Gasteiger partial charge in [0.15, 0.2) is 12.6 Å². The van der Waals surface area contributed by atoms with Crippen LogP contribution in [-0.4, -0.2) is 144 Å². The number of nitrogens with one attached hydrogen (secondary N) is 3. The van der Waals surface area contributed by atoms with Crippen molar-refractivity contribution in [1.29, 1.82) is 0 Å². The molecule has 372 valence electrons. The Kier molecular flexibility index (Phi) is 21.0. The van der Waals surface area contributed by atoms with E-state index in [1.165, 1.54) is 6.07 Å². The van der Waals surface area contributed by atoms with E-state index in [1.54, 1.807) is 13.1 Å². The molecular formula is C50H73FN10O6S. The van der Waals surface area contributed by atoms with E-state index in [0.717, 1.165) is 101 Å². The van der Waals surface area contributed by atoms with Crippen LogP contribution in [0.25, 0.3) is 11.0 Å². The number of allylic oxidation sites excluding steroid dienone is 1. The number of likely N-dealkylation sites (N-methyl/N-ethyl adjacent to an activating group) is 2. The second-order valence-electron chi connectivity index (χ2n) is 18.7. The molecular weight excluding hydrogens is 888 g/mol. The first kappa shape index (κ1) is 53.8. The molecule has 2 aromatic heterocycles. The lowest BCUT2D eigenvalue weighted by Crippen LogP contribution is -2.42. The van der Waals surface area contributed by atoms with Crippen molar-refractivity contribution in [3.05, 3.63) is 70.0 Å². The summed E-state index contributed by atoms with van der Waals surface area (Å²) in [6, 6.07) is 6.18. The zero-order valence-electron chi connectivity index (χ0n) is 40.9. The number of hydrogen-bond donors (Lipinski definition) is 3. The standard InChI is InChI=1S/C42H57FN8O4S.C8H16N2O2/c1-5-37(28(2)3)51-40(55)9-7-31-25-45-42(47-41(31)51)46-34-12-20-50(21-13-34)56-35-14-18-49(19-15-35)39(54)8-6-29(4)44-24-30-10-16-48(17-11-30)38-23-33(27-53)32(26-52)22-36(38)43;1-9-8(12)7(10(2)3)5-4-6-11/h7,9,22-23,25-28,30,34-35,37,44H,4-6,8,10-21,24H2,1-3H3,(H,45,46,47);6-7H,4-5H2,1-3H3,(H,9,12). The summed E-state index contributed by atoms with van der Waals surface area (Å²) in [5, 5.41) is 10.9. The van der Waals surface area contributed by atoms with Gasteiger partial charge in [0.2, 0.25) is 17.8 Å². The Morgan fingerprint density at radius 1 is 0.956 bits per heavy atom. The lowest BCUT2D eigenvalue weighted by atomic mass is 9.95. The Balaban J connectivity index is 0.000000634. The van der Waals surface area contributed by atoms with Crippen molar-refractivity contribution in [1.82, 2.24) is 39.3 Å². The third-order valence-electron chi connectivity index (χ3n) is 13.4. The normalized spacial score (nSPS) is 17.3. The number of benzene rings is 1. The molecule has 0 saturated carbocycles. The summed E-state index contributed by atoms with van der Waals surface area (Å²) in [7, 11) is 5.25. The van der Waals surface area contributed by atoms with Crippen molar-refractivity contribution in [2.24, 2.45) is 11.8 Å². The van der Waals surface area contributed by atoms with E-state index >= 15 is 0 Å². The van der Waals surface area contributed by atoms with E-state index in [9.17, 15) is 33.2 Å². The molecule has 3 saturated heterocycles. The van der Waals surface area contributed by atoms with E-state index < -0.39 is 5.82 Å². The van der Waals surface area contributed by atoms with Gasteiger partial charge in [-0.25, -0.2) is 9.37 Å². The molecule has 6 rings (SSSR count). The summed E-state index contributed by atoms with van der Waals surface area (Å²) in [5.74, 6) is 0.925. The Labute approximate surface area is 405 Å². The quantitative estimate of drug-likeness (QED) is 0.0821. The maximum absolute atomic E-state index is 14.7. The van der Waals surface area contributed by atoms with Gasteiger partial charge in [-0.15, -0.1) is 0 Å². The van der Waals surface area contributed by atoms with Gasteiger partial charge in [0.1, 0.15) is 17.8 Å². The minimum Gasteiger partial charge on any atom is -0.389 e. The molecule has 3 fully saturated rings. The van der Waals surface area contributed by atoms with Gasteiger partial charge in [-0.1, -0.05) is 39.3 Å². The second kappa shape index (κ2) is 26.5. The smallest absolute Gasteiger partial charge is 0.252 e. The van der Waals surface area contributed by atoms with Crippen LogP contribution in [0.15, 0.2) is 47.5 Å². The number of rotatable bonds is 21. The average molecular weight is 961 g/mol. The number of carbonyl (C=O) groups excluding carboxylic acids is 5. The van der Waals surface area contributed by atoms with Gasteiger partial charge >= 0.3 is 0 Å². The van der Waals surface area contributed by atoms with E-state index in [0.29, 0.717) is 85.7 Å². The van der Waals surface area contributed by atoms with Gasteiger partial charge in [0, 0.05) is 118 Å². The van der Waals surface area contributed by atoms with E-state index in [2.05, 4.69) is 52.6 Å². The molecule has 3 aliphatic rings. The zero-order chi connectivity index (χ0) is 49.3. The number of nitrogens with zero attached hydrogens (tertiary/aromatic N) is 7. The lowest BCUT2D eigenvalue weighted by Gasteiger charge is -2.37. The summed E-state index contributed by atoms with van der Waals surface area (Å²) in [6.07, 6.45) is 12.3. The Bertz CT molecular complexity index is 2240. The van der Waals surface area contributed by atoms with Crippen LogP contribution in [0.1, 0.15) is 118 Å². The largest absolute Gasteiger partial charge is 0.389 e. The van der Waals surface area contributed by atoms with Crippen LogP contribution >= 0.6 is 11.9 Å². The van der Waals surface area contributed by atoms with Gasteiger partial charge < -0.3 is 30.5 Å². The minimum atomic E-state index is -0.490. The summed E-state index contributed by atoms with van der Waals surface area (Å²) < 4.78 is 19.0. The van der Waals surface area contributed by atoms with Crippen LogP contribution < -0.4 is 26.4 Å². The molecule has 18 heteroatoms. The number of piperidine rings is 3. The highest BCUT2D eigenvalue weighted by Gasteiger charge is 2.29. The number of anilines is 2. The summed E-state index contributed by atoms with van der Waals surface area (Å²) in [5.41, 5.74) is 2.15. The fraction of sp³-hybridized carbons (Fsp3) is 0.600. The van der Waals surface area contributed by atoms with Crippen molar-refractivity contribution in [2.75, 3.05) is 77.2 Å². The van der Waals surface area contributed by atoms with Crippen LogP contribution in [0.3, 0.4) is 0 Å². The van der Waals surface area contributed by atoms with Crippen molar-refractivity contribution < 1.29 is 28.4 Å². The highest BCUT2D eigenvalue weighted by atomic mass is 32.2. The van der Waals surface area contributed by atoms with Crippen molar-refractivity contribution in [3.8, 4) is 0 Å². The number of likely N-dealkylation sites (tertiary alicyclic amines) is 1. The first-order chi connectivity index (χ1) is 32.7. The Morgan fingerprint density at radius 2 is 1.63 bits per heavy atom. The molecule has 68 heavy (non-hydrogen) atoms. The predicted octanol–water partition coefficient (Wildman–Crippen LogP) is 6.12. The number of halogens is 1. The highest BCUT2D eigenvalue weighted by Crippen LogP contribution is 2.31. The Morgan fingerprint density at radius 3 is 2.24 bits per heavy atom. The maximum Gasteiger partial charge on any atom is 0.252 e. The molecule has 3 aliphatic heterocycles. The first-order valence-corrected chi connectivity index (χ1v) is 25.1. The maximum atomic E-state index is 14.7. The molecule has 0 radical (unpaired) electrons. The van der Waals surface area contributed by atoms with E-state index in [-0.39, 0.29) is 46.6 Å². The van der Waals surface area contributed by atoms with Crippen LogP contribution in [0.4, 0.5) is 16.0 Å². The van der Waals surface area contributed by atoms with Crippen LogP contribution in [0.2, 0.25) is 0 Å². The fourth-order valence-corrected chi connectivity index (χ4v) is 10.6. The number of pyridine rings is 1. The molecule has 2 atom stereocenters. The highest BCUT2D eigenvalue weighted by molar-refractivity contribution is 7.97. The number of aromatic nitrogens is 3. The monoisotopic (exact) mass is 961 g/mol. The van der Waals surface area contributed by atoms with Crippen molar-refractivity contribution in [2.45, 2.75) is 115 Å². The zero-order valence-corrected chi connectivity index (χ0v) is 41.7. The van der Waals surface area contributed by atoms with Crippen molar-refractivity contribution >= 4 is 65.3 Å². The van der Waals surface area contributed by atoms with E-state index in [1.807, 2.05) is 57.6 Å². The Hall–Kier alpha value is -5.20. The van der Waals surface area contributed by atoms with Gasteiger partial charge in [-0.2, -0.15) is 4.98 Å². The third kappa shape index (κ3) is 14.9. The second-order valence-corrected chi connectivity index (χ2v) is 20.1. The van der Waals surface area contributed by atoms with Gasteiger partial charge in [0.05, 0.1) is 11.7 Å². The topological polar surface area (TPSA) is 182 Å². The fourth-order valence-electron chi connectivity index (χ4n) is 9.32. The average Bonchev–Trinajstić information content (AvgIpc) is 3.34. The molecule has 1 aromatic carbocycles. The molecule has 5 heterocycles. The minimum absolute atomic E-state index is 0.0253. The SMILES string of the molecule is C=C(CCC(=O)N1CCC(SN2CCC(Nc3ncc4ccc(=O)n(C(CC)C(C)C)c4n3)CC2)CC1)NCC1CCN(c2cc(C=O)c(C=O)cc2F)CC1.CNC(=O)C(CCC=O)N(C)C. The number of fused-ring (bicyclic) bond motifs is 1. The van der Waals surface area contributed by atoms with E-state index in [4.69, 9.17) is 4.98 Å².